The molecule has 0 radical (unpaired) electrons. The third-order valence-electron chi connectivity index (χ3n) is 3.01. The maximum absolute atomic E-state index is 10.7. The van der Waals surface area contributed by atoms with E-state index in [0.717, 1.165) is 0 Å². The van der Waals surface area contributed by atoms with E-state index in [4.69, 9.17) is 11.6 Å². The molecule has 0 saturated carbocycles. The fourth-order valence-electron chi connectivity index (χ4n) is 1.97. The lowest BCUT2D eigenvalue weighted by Crippen LogP contribution is -2.07. The smallest absolute Gasteiger partial charge is 0.288 e. The minimum Gasteiger partial charge on any atom is -0.508 e. The standard InChI is InChI=1S/C14H13ClN2O4/c1-8(11-4-3-10(18)7-14(11)19)16-9-2-5-13(17(20)21)12(15)6-9/h2-8,16,18-19H,1H3. The van der Waals surface area contributed by atoms with Gasteiger partial charge in [0, 0.05) is 23.4 Å². The summed E-state index contributed by atoms with van der Waals surface area (Å²) in [5.74, 6) is -0.0650. The van der Waals surface area contributed by atoms with Crippen LogP contribution in [0.15, 0.2) is 36.4 Å². The first-order chi connectivity index (χ1) is 9.88. The number of hydrogen-bond acceptors (Lipinski definition) is 5. The molecule has 21 heavy (non-hydrogen) atoms. The molecular formula is C14H13ClN2O4. The van der Waals surface area contributed by atoms with Crippen molar-refractivity contribution in [3.8, 4) is 11.5 Å². The van der Waals surface area contributed by atoms with E-state index in [0.29, 0.717) is 11.3 Å². The Labute approximate surface area is 125 Å². The van der Waals surface area contributed by atoms with E-state index in [1.165, 1.54) is 30.3 Å². The van der Waals surface area contributed by atoms with E-state index < -0.39 is 4.92 Å². The molecule has 3 N–H and O–H groups in total. The summed E-state index contributed by atoms with van der Waals surface area (Å²) in [7, 11) is 0. The Morgan fingerprint density at radius 3 is 2.52 bits per heavy atom. The number of anilines is 1. The van der Waals surface area contributed by atoms with Gasteiger partial charge in [-0.3, -0.25) is 10.1 Å². The number of aromatic hydroxyl groups is 2. The lowest BCUT2D eigenvalue weighted by atomic mass is 10.1. The molecule has 0 aliphatic heterocycles. The number of nitro benzene ring substituents is 1. The van der Waals surface area contributed by atoms with Gasteiger partial charge in [-0.2, -0.15) is 0 Å². The molecule has 0 amide bonds. The molecule has 0 aromatic heterocycles. The number of benzene rings is 2. The molecule has 6 nitrogen and oxygen atoms in total. The van der Waals surface area contributed by atoms with Gasteiger partial charge in [0.2, 0.25) is 0 Å². The van der Waals surface area contributed by atoms with Gasteiger partial charge >= 0.3 is 0 Å². The van der Waals surface area contributed by atoms with Gasteiger partial charge in [-0.1, -0.05) is 11.6 Å². The molecule has 0 heterocycles. The van der Waals surface area contributed by atoms with E-state index in [1.807, 2.05) is 0 Å². The normalized spacial score (nSPS) is 11.9. The second-order valence-corrected chi connectivity index (χ2v) is 4.94. The maximum Gasteiger partial charge on any atom is 0.288 e. The molecule has 0 spiro atoms. The van der Waals surface area contributed by atoms with Gasteiger partial charge < -0.3 is 15.5 Å². The predicted molar refractivity (Wildman–Crippen MR) is 79.9 cm³/mol. The highest BCUT2D eigenvalue weighted by molar-refractivity contribution is 6.32. The Balaban J connectivity index is 2.21. The van der Waals surface area contributed by atoms with Crippen molar-refractivity contribution in [1.82, 2.24) is 0 Å². The summed E-state index contributed by atoms with van der Waals surface area (Å²) in [6.07, 6.45) is 0. The highest BCUT2D eigenvalue weighted by Gasteiger charge is 2.15. The van der Waals surface area contributed by atoms with E-state index in [-0.39, 0.29) is 28.3 Å². The monoisotopic (exact) mass is 308 g/mol. The molecule has 0 bridgehead atoms. The average molecular weight is 309 g/mol. The molecule has 0 saturated heterocycles. The topological polar surface area (TPSA) is 95.6 Å². The molecule has 0 aliphatic carbocycles. The van der Waals surface area contributed by atoms with Crippen LogP contribution in [0.1, 0.15) is 18.5 Å². The summed E-state index contributed by atoms with van der Waals surface area (Å²) < 4.78 is 0. The second-order valence-electron chi connectivity index (χ2n) is 4.53. The maximum atomic E-state index is 10.7. The summed E-state index contributed by atoms with van der Waals surface area (Å²) in [4.78, 5) is 10.1. The minimum atomic E-state index is -0.554. The first kappa shape index (κ1) is 14.9. The zero-order valence-corrected chi connectivity index (χ0v) is 11.8. The van der Waals surface area contributed by atoms with Gasteiger partial charge in [0.25, 0.3) is 5.69 Å². The van der Waals surface area contributed by atoms with Crippen molar-refractivity contribution in [1.29, 1.82) is 0 Å². The van der Waals surface area contributed by atoms with Crippen molar-refractivity contribution >= 4 is 23.0 Å². The minimum absolute atomic E-state index is 0.0261. The molecule has 1 unspecified atom stereocenters. The molecule has 110 valence electrons. The Hall–Kier alpha value is -2.47. The van der Waals surface area contributed by atoms with Crippen LogP contribution in [-0.4, -0.2) is 15.1 Å². The van der Waals surface area contributed by atoms with E-state index in [1.54, 1.807) is 13.0 Å². The van der Waals surface area contributed by atoms with Crippen molar-refractivity contribution in [3.05, 3.63) is 57.1 Å². The summed E-state index contributed by atoms with van der Waals surface area (Å²) in [6, 6.07) is 8.34. The van der Waals surface area contributed by atoms with Crippen molar-refractivity contribution in [2.45, 2.75) is 13.0 Å². The first-order valence-electron chi connectivity index (χ1n) is 6.11. The molecule has 7 heteroatoms. The van der Waals surface area contributed by atoms with Crippen molar-refractivity contribution in [2.75, 3.05) is 5.32 Å². The van der Waals surface area contributed by atoms with Gasteiger partial charge in [-0.05, 0) is 31.2 Å². The van der Waals surface area contributed by atoms with Crippen LogP contribution in [0.5, 0.6) is 11.5 Å². The number of nitrogens with one attached hydrogen (secondary N) is 1. The molecule has 1 atom stereocenters. The largest absolute Gasteiger partial charge is 0.508 e. The molecule has 2 rings (SSSR count). The Bertz CT molecular complexity index is 691. The quantitative estimate of drug-likeness (QED) is 0.589. The summed E-state index contributed by atoms with van der Waals surface area (Å²) in [5.41, 5.74) is 1.01. The molecule has 2 aromatic carbocycles. The summed E-state index contributed by atoms with van der Waals surface area (Å²) in [6.45, 7) is 1.81. The van der Waals surface area contributed by atoms with Crippen molar-refractivity contribution < 1.29 is 15.1 Å². The van der Waals surface area contributed by atoms with Crippen LogP contribution >= 0.6 is 11.6 Å². The number of hydrogen-bond donors (Lipinski definition) is 3. The Morgan fingerprint density at radius 2 is 1.95 bits per heavy atom. The Morgan fingerprint density at radius 1 is 1.24 bits per heavy atom. The van der Waals surface area contributed by atoms with Crippen molar-refractivity contribution in [2.24, 2.45) is 0 Å². The molecule has 0 aliphatic rings. The Kier molecular flexibility index (Phi) is 4.18. The number of rotatable bonds is 4. The molecule has 0 fully saturated rings. The second kappa shape index (κ2) is 5.88. The van der Waals surface area contributed by atoms with Gasteiger partial charge in [0.15, 0.2) is 0 Å². The number of phenolic OH excluding ortho intramolecular Hbond substituents is 2. The van der Waals surface area contributed by atoms with Gasteiger partial charge in [0.05, 0.1) is 11.0 Å². The first-order valence-corrected chi connectivity index (χ1v) is 6.48. The van der Waals surface area contributed by atoms with Gasteiger partial charge in [-0.25, -0.2) is 0 Å². The fraction of sp³-hybridized carbons (Fsp3) is 0.143. The van der Waals surface area contributed by atoms with Crippen LogP contribution in [-0.2, 0) is 0 Å². The predicted octanol–water partition coefficient (Wildman–Crippen LogP) is 3.83. The van der Waals surface area contributed by atoms with E-state index >= 15 is 0 Å². The highest BCUT2D eigenvalue weighted by Crippen LogP contribution is 2.32. The van der Waals surface area contributed by atoms with Crippen molar-refractivity contribution in [3.63, 3.8) is 0 Å². The zero-order valence-electron chi connectivity index (χ0n) is 11.1. The van der Waals surface area contributed by atoms with Gasteiger partial charge in [0.1, 0.15) is 16.5 Å². The van der Waals surface area contributed by atoms with Crippen LogP contribution in [0.4, 0.5) is 11.4 Å². The van der Waals surface area contributed by atoms with Crippen LogP contribution in [0.2, 0.25) is 5.02 Å². The number of phenols is 2. The lowest BCUT2D eigenvalue weighted by molar-refractivity contribution is -0.384. The third kappa shape index (κ3) is 3.35. The van der Waals surface area contributed by atoms with Crippen LogP contribution in [0.25, 0.3) is 0 Å². The average Bonchev–Trinajstić information content (AvgIpc) is 2.37. The number of halogens is 1. The molecular weight excluding hydrogens is 296 g/mol. The molecule has 2 aromatic rings. The number of nitro groups is 1. The summed E-state index contributed by atoms with van der Waals surface area (Å²) in [5, 5.41) is 32.9. The SMILES string of the molecule is CC(Nc1ccc([N+](=O)[O-])c(Cl)c1)c1ccc(O)cc1O. The third-order valence-corrected chi connectivity index (χ3v) is 3.31. The summed E-state index contributed by atoms with van der Waals surface area (Å²) >= 11 is 5.84. The lowest BCUT2D eigenvalue weighted by Gasteiger charge is -2.17. The fourth-order valence-corrected chi connectivity index (χ4v) is 2.22. The number of nitrogens with zero attached hydrogens (tertiary/aromatic N) is 1. The van der Waals surface area contributed by atoms with E-state index in [2.05, 4.69) is 5.32 Å². The van der Waals surface area contributed by atoms with Gasteiger partial charge in [-0.15, -0.1) is 0 Å². The highest BCUT2D eigenvalue weighted by atomic mass is 35.5. The van der Waals surface area contributed by atoms with Crippen LogP contribution in [0.3, 0.4) is 0 Å². The van der Waals surface area contributed by atoms with E-state index in [9.17, 15) is 20.3 Å². The zero-order chi connectivity index (χ0) is 15.6. The van der Waals surface area contributed by atoms with Crippen LogP contribution < -0.4 is 5.32 Å². The van der Waals surface area contributed by atoms with Crippen LogP contribution in [0, 0.1) is 10.1 Å².